The molecule has 0 spiro atoms. The normalized spacial score (nSPS) is 9.93. The second-order valence-electron chi connectivity index (χ2n) is 2.72. The number of rotatable bonds is 4. The van der Waals surface area contributed by atoms with Gasteiger partial charge in [-0.3, -0.25) is 14.4 Å². The van der Waals surface area contributed by atoms with Crippen LogP contribution in [0.25, 0.3) is 0 Å². The fourth-order valence-corrected chi connectivity index (χ4v) is 0.891. The van der Waals surface area contributed by atoms with Crippen LogP contribution in [-0.2, 0) is 9.59 Å². The van der Waals surface area contributed by atoms with Gasteiger partial charge in [0.15, 0.2) is 6.04 Å². The summed E-state index contributed by atoms with van der Waals surface area (Å²) in [5.41, 5.74) is 9.89. The molecular formula is C8H9N3O4. The summed E-state index contributed by atoms with van der Waals surface area (Å²) < 4.78 is 4.64. The maximum Gasteiger partial charge on any atom is 0.255 e. The molecule has 80 valence electrons. The van der Waals surface area contributed by atoms with E-state index in [4.69, 9.17) is 11.5 Å². The van der Waals surface area contributed by atoms with E-state index in [-0.39, 0.29) is 5.56 Å². The number of carbonyl (C=O) groups is 3. The summed E-state index contributed by atoms with van der Waals surface area (Å²) in [5.74, 6) is -2.69. The van der Waals surface area contributed by atoms with E-state index in [1.807, 2.05) is 0 Å². The minimum Gasteiger partial charge on any atom is -0.472 e. The van der Waals surface area contributed by atoms with Crippen LogP contribution in [0.1, 0.15) is 10.4 Å². The van der Waals surface area contributed by atoms with Gasteiger partial charge in [-0.2, -0.15) is 0 Å². The minimum atomic E-state index is -1.52. The molecule has 0 fully saturated rings. The molecule has 0 bridgehead atoms. The highest BCUT2D eigenvalue weighted by molar-refractivity contribution is 6.07. The van der Waals surface area contributed by atoms with Gasteiger partial charge in [0, 0.05) is 0 Å². The second-order valence-corrected chi connectivity index (χ2v) is 2.72. The van der Waals surface area contributed by atoms with Crippen molar-refractivity contribution < 1.29 is 18.8 Å². The third-order valence-electron chi connectivity index (χ3n) is 1.63. The average molecular weight is 211 g/mol. The fraction of sp³-hybridized carbons (Fsp3) is 0.125. The summed E-state index contributed by atoms with van der Waals surface area (Å²) >= 11 is 0. The molecule has 3 amide bonds. The van der Waals surface area contributed by atoms with Crippen LogP contribution in [0.4, 0.5) is 0 Å². The highest BCUT2D eigenvalue weighted by atomic mass is 16.3. The van der Waals surface area contributed by atoms with E-state index in [1.165, 1.54) is 12.3 Å². The molecule has 15 heavy (non-hydrogen) atoms. The van der Waals surface area contributed by atoms with Crippen molar-refractivity contribution in [1.29, 1.82) is 0 Å². The van der Waals surface area contributed by atoms with E-state index in [1.54, 1.807) is 0 Å². The molecule has 0 atom stereocenters. The largest absolute Gasteiger partial charge is 0.472 e. The minimum absolute atomic E-state index is 0.169. The van der Waals surface area contributed by atoms with E-state index in [2.05, 4.69) is 9.73 Å². The van der Waals surface area contributed by atoms with E-state index in [0.717, 1.165) is 6.26 Å². The monoisotopic (exact) mass is 211 g/mol. The molecule has 1 aromatic rings. The summed E-state index contributed by atoms with van der Waals surface area (Å²) in [5, 5.41) is 2.07. The summed E-state index contributed by atoms with van der Waals surface area (Å²) in [6.07, 6.45) is 2.44. The quantitative estimate of drug-likeness (QED) is 0.515. The first-order valence-electron chi connectivity index (χ1n) is 3.94. The van der Waals surface area contributed by atoms with Crippen LogP contribution in [0, 0.1) is 0 Å². The number of hydrogen-bond acceptors (Lipinski definition) is 4. The molecule has 5 N–H and O–H groups in total. The van der Waals surface area contributed by atoms with Crippen molar-refractivity contribution in [2.24, 2.45) is 11.5 Å². The molecule has 1 rings (SSSR count). The van der Waals surface area contributed by atoms with Crippen molar-refractivity contribution in [1.82, 2.24) is 5.32 Å². The van der Waals surface area contributed by atoms with Gasteiger partial charge >= 0.3 is 0 Å². The van der Waals surface area contributed by atoms with Crippen molar-refractivity contribution in [2.75, 3.05) is 0 Å². The van der Waals surface area contributed by atoms with Gasteiger partial charge in [0.05, 0.1) is 11.8 Å². The van der Waals surface area contributed by atoms with Gasteiger partial charge in [-0.05, 0) is 6.07 Å². The fourth-order valence-electron chi connectivity index (χ4n) is 0.891. The second kappa shape index (κ2) is 4.27. The summed E-state index contributed by atoms with van der Waals surface area (Å²) in [7, 11) is 0. The molecule has 1 heterocycles. The first-order chi connectivity index (χ1) is 7.02. The third kappa shape index (κ3) is 2.56. The van der Waals surface area contributed by atoms with Gasteiger partial charge in [-0.1, -0.05) is 0 Å². The van der Waals surface area contributed by atoms with Gasteiger partial charge in [0.1, 0.15) is 6.26 Å². The lowest BCUT2D eigenvalue weighted by Gasteiger charge is -2.10. The molecule has 0 aliphatic carbocycles. The van der Waals surface area contributed by atoms with Crippen LogP contribution in [0.3, 0.4) is 0 Å². The predicted octanol–water partition coefficient (Wildman–Crippen LogP) is -1.65. The first-order valence-corrected chi connectivity index (χ1v) is 3.94. The Morgan fingerprint density at radius 3 is 2.27 bits per heavy atom. The molecule has 0 aliphatic heterocycles. The Balaban J connectivity index is 2.72. The lowest BCUT2D eigenvalue weighted by molar-refractivity contribution is -0.128. The van der Waals surface area contributed by atoms with Crippen molar-refractivity contribution in [3.05, 3.63) is 24.2 Å². The molecule has 0 saturated carbocycles. The standard InChI is InChI=1S/C8H9N3O4/c9-6(12)5(7(10)13)11-8(14)4-1-2-15-3-4/h1-3,5H,(H2,9,12)(H2,10,13)(H,11,14). The van der Waals surface area contributed by atoms with E-state index in [9.17, 15) is 14.4 Å². The first kappa shape index (κ1) is 10.8. The Labute approximate surface area is 84.4 Å². The van der Waals surface area contributed by atoms with E-state index >= 15 is 0 Å². The molecule has 0 aromatic carbocycles. The van der Waals surface area contributed by atoms with Crippen LogP contribution in [0.2, 0.25) is 0 Å². The summed E-state index contributed by atoms with van der Waals surface area (Å²) in [6, 6.07) is -0.152. The van der Waals surface area contributed by atoms with E-state index < -0.39 is 23.8 Å². The highest BCUT2D eigenvalue weighted by Gasteiger charge is 2.24. The molecule has 7 heteroatoms. The average Bonchev–Trinajstić information content (AvgIpc) is 2.65. The topological polar surface area (TPSA) is 128 Å². The van der Waals surface area contributed by atoms with Crippen LogP contribution in [0.15, 0.2) is 23.0 Å². The molecule has 7 nitrogen and oxygen atoms in total. The third-order valence-corrected chi connectivity index (χ3v) is 1.63. The Bertz CT molecular complexity index is 371. The Morgan fingerprint density at radius 2 is 1.87 bits per heavy atom. The van der Waals surface area contributed by atoms with Gasteiger partial charge in [-0.25, -0.2) is 0 Å². The molecule has 0 radical (unpaired) electrons. The number of furan rings is 1. The number of nitrogens with one attached hydrogen (secondary N) is 1. The number of nitrogens with two attached hydrogens (primary N) is 2. The number of hydrogen-bond donors (Lipinski definition) is 3. The van der Waals surface area contributed by atoms with Crippen LogP contribution in [-0.4, -0.2) is 23.8 Å². The maximum absolute atomic E-state index is 11.3. The molecule has 0 aliphatic rings. The Hall–Kier alpha value is -2.31. The lowest BCUT2D eigenvalue weighted by Crippen LogP contribution is -2.52. The zero-order valence-electron chi connectivity index (χ0n) is 7.60. The number of primary amides is 2. The van der Waals surface area contributed by atoms with Gasteiger partial charge in [0.25, 0.3) is 5.91 Å². The van der Waals surface area contributed by atoms with Crippen LogP contribution in [0.5, 0.6) is 0 Å². The van der Waals surface area contributed by atoms with Crippen molar-refractivity contribution in [3.63, 3.8) is 0 Å². The van der Waals surface area contributed by atoms with Gasteiger partial charge in [0.2, 0.25) is 11.8 Å². The highest BCUT2D eigenvalue weighted by Crippen LogP contribution is 1.99. The Morgan fingerprint density at radius 1 is 1.27 bits per heavy atom. The summed E-state index contributed by atoms with van der Waals surface area (Å²) in [4.78, 5) is 32.8. The van der Waals surface area contributed by atoms with Crippen LogP contribution >= 0.6 is 0 Å². The van der Waals surface area contributed by atoms with Crippen molar-refractivity contribution in [3.8, 4) is 0 Å². The van der Waals surface area contributed by atoms with Gasteiger partial charge in [-0.15, -0.1) is 0 Å². The maximum atomic E-state index is 11.3. The van der Waals surface area contributed by atoms with Gasteiger partial charge < -0.3 is 21.2 Å². The van der Waals surface area contributed by atoms with Crippen molar-refractivity contribution >= 4 is 17.7 Å². The number of carbonyl (C=O) groups excluding carboxylic acids is 3. The Kier molecular flexibility index (Phi) is 3.06. The zero-order chi connectivity index (χ0) is 11.4. The van der Waals surface area contributed by atoms with E-state index in [0.29, 0.717) is 0 Å². The molecular weight excluding hydrogens is 202 g/mol. The van der Waals surface area contributed by atoms with Crippen LogP contribution < -0.4 is 16.8 Å². The summed E-state index contributed by atoms with van der Waals surface area (Å²) in [6.45, 7) is 0. The number of amides is 3. The predicted molar refractivity (Wildman–Crippen MR) is 48.4 cm³/mol. The lowest BCUT2D eigenvalue weighted by atomic mass is 10.2. The smallest absolute Gasteiger partial charge is 0.255 e. The zero-order valence-corrected chi connectivity index (χ0v) is 7.60. The molecule has 0 unspecified atom stereocenters. The molecule has 1 aromatic heterocycles. The molecule has 0 saturated heterocycles. The SMILES string of the molecule is NC(=O)C(NC(=O)c1ccoc1)C(N)=O. The van der Waals surface area contributed by atoms with Crippen molar-refractivity contribution in [2.45, 2.75) is 6.04 Å².